The van der Waals surface area contributed by atoms with Crippen LogP contribution in [0.5, 0.6) is 5.75 Å². The third-order valence-corrected chi connectivity index (χ3v) is 4.27. The molecule has 0 aliphatic heterocycles. The van der Waals surface area contributed by atoms with E-state index in [0.717, 1.165) is 15.0 Å². The summed E-state index contributed by atoms with van der Waals surface area (Å²) in [5.74, 6) is 1.12. The molecule has 2 aromatic rings. The van der Waals surface area contributed by atoms with E-state index >= 15 is 0 Å². The smallest absolute Gasteiger partial charge is 0.255 e. The van der Waals surface area contributed by atoms with E-state index in [0.29, 0.717) is 18.1 Å². The van der Waals surface area contributed by atoms with Crippen molar-refractivity contribution in [1.82, 2.24) is 0 Å². The van der Waals surface area contributed by atoms with Crippen LogP contribution in [0.2, 0.25) is 0 Å². The van der Waals surface area contributed by atoms with E-state index < -0.39 is 0 Å². The Hall–Kier alpha value is -1.56. The Balaban J connectivity index is 2.07. The van der Waals surface area contributed by atoms with Crippen molar-refractivity contribution >= 4 is 34.2 Å². The van der Waals surface area contributed by atoms with Gasteiger partial charge < -0.3 is 10.1 Å². The molecular weight excluding hydrogens is 389 g/mol. The second-order valence-corrected chi connectivity index (χ2v) is 6.81. The van der Waals surface area contributed by atoms with Crippen LogP contribution in [0, 0.1) is 16.4 Å². The first-order valence-electron chi connectivity index (χ1n) is 7.26. The van der Waals surface area contributed by atoms with Crippen LogP contribution in [0.25, 0.3) is 0 Å². The van der Waals surface area contributed by atoms with Crippen LogP contribution in [0.1, 0.15) is 29.8 Å². The van der Waals surface area contributed by atoms with Crippen molar-refractivity contribution < 1.29 is 9.53 Å². The van der Waals surface area contributed by atoms with Crippen molar-refractivity contribution in [3.63, 3.8) is 0 Å². The average Bonchev–Trinajstić information content (AvgIpc) is 2.48. The first-order valence-corrected chi connectivity index (χ1v) is 8.34. The number of ether oxygens (including phenoxy) is 1. The van der Waals surface area contributed by atoms with Gasteiger partial charge in [-0.2, -0.15) is 0 Å². The Kier molecular flexibility index (Phi) is 5.83. The van der Waals surface area contributed by atoms with Crippen LogP contribution >= 0.6 is 22.6 Å². The summed E-state index contributed by atoms with van der Waals surface area (Å²) in [5.41, 5.74) is 2.56. The molecule has 0 fully saturated rings. The van der Waals surface area contributed by atoms with E-state index in [9.17, 15) is 4.79 Å². The number of aryl methyl sites for hydroxylation is 1. The van der Waals surface area contributed by atoms with E-state index in [1.165, 1.54) is 5.56 Å². The molecule has 0 spiro atoms. The minimum absolute atomic E-state index is 0.112. The largest absolute Gasteiger partial charge is 0.493 e. The summed E-state index contributed by atoms with van der Waals surface area (Å²) in [5, 5.41) is 2.91. The fraction of sp³-hybridized carbons (Fsp3) is 0.278. The number of rotatable bonds is 5. The van der Waals surface area contributed by atoms with Crippen LogP contribution in [0.15, 0.2) is 42.5 Å². The molecule has 3 nitrogen and oxygen atoms in total. The second-order valence-electron chi connectivity index (χ2n) is 5.65. The van der Waals surface area contributed by atoms with Crippen LogP contribution < -0.4 is 10.1 Å². The molecule has 0 saturated heterocycles. The van der Waals surface area contributed by atoms with E-state index in [1.54, 1.807) is 0 Å². The Morgan fingerprint density at radius 1 is 1.23 bits per heavy atom. The Morgan fingerprint density at radius 3 is 2.68 bits per heavy atom. The molecule has 0 heterocycles. The molecule has 22 heavy (non-hydrogen) atoms. The van der Waals surface area contributed by atoms with Crippen molar-refractivity contribution in [2.45, 2.75) is 20.8 Å². The molecule has 0 unspecified atom stereocenters. The molecule has 0 radical (unpaired) electrons. The minimum atomic E-state index is -0.112. The highest BCUT2D eigenvalue weighted by Gasteiger charge is 2.08. The highest BCUT2D eigenvalue weighted by Crippen LogP contribution is 2.20. The van der Waals surface area contributed by atoms with Gasteiger partial charge in [-0.15, -0.1) is 0 Å². The fourth-order valence-electron chi connectivity index (χ4n) is 1.86. The van der Waals surface area contributed by atoms with Gasteiger partial charge >= 0.3 is 0 Å². The standard InChI is InChI=1S/C18H20INO2/c1-12(2)11-22-16-6-4-5-15(10-16)20-18(21)14-8-7-13(3)17(19)9-14/h4-10,12H,11H2,1-3H3,(H,20,21). The molecule has 2 rings (SSSR count). The molecule has 0 aliphatic carbocycles. The summed E-state index contributed by atoms with van der Waals surface area (Å²) in [4.78, 5) is 12.3. The monoisotopic (exact) mass is 409 g/mol. The predicted octanol–water partition coefficient (Wildman–Crippen LogP) is 4.89. The normalized spacial score (nSPS) is 10.6. The molecule has 1 N–H and O–H groups in total. The Morgan fingerprint density at radius 2 is 2.00 bits per heavy atom. The summed E-state index contributed by atoms with van der Waals surface area (Å²) < 4.78 is 6.76. The van der Waals surface area contributed by atoms with Gasteiger partial charge in [0.05, 0.1) is 6.61 Å². The van der Waals surface area contributed by atoms with Gasteiger partial charge in [-0.25, -0.2) is 0 Å². The van der Waals surface area contributed by atoms with Gasteiger partial charge in [0.25, 0.3) is 5.91 Å². The van der Waals surface area contributed by atoms with Gasteiger partial charge in [-0.05, 0) is 65.3 Å². The zero-order valence-corrected chi connectivity index (χ0v) is 15.2. The molecule has 2 aromatic carbocycles. The maximum Gasteiger partial charge on any atom is 0.255 e. The van der Waals surface area contributed by atoms with Crippen molar-refractivity contribution in [1.29, 1.82) is 0 Å². The fourth-order valence-corrected chi connectivity index (χ4v) is 2.38. The molecule has 0 atom stereocenters. The summed E-state index contributed by atoms with van der Waals surface area (Å²) in [6, 6.07) is 13.2. The molecule has 1 amide bonds. The van der Waals surface area contributed by atoms with Crippen LogP contribution in [0.3, 0.4) is 0 Å². The van der Waals surface area contributed by atoms with E-state index in [1.807, 2.05) is 49.4 Å². The Labute approximate surface area is 145 Å². The van der Waals surface area contributed by atoms with Crippen LogP contribution in [-0.2, 0) is 0 Å². The SMILES string of the molecule is Cc1ccc(C(=O)Nc2cccc(OCC(C)C)c2)cc1I. The second kappa shape index (κ2) is 7.63. The summed E-state index contributed by atoms with van der Waals surface area (Å²) >= 11 is 2.24. The Bertz CT molecular complexity index is 668. The number of nitrogens with one attached hydrogen (secondary N) is 1. The lowest BCUT2D eigenvalue weighted by molar-refractivity contribution is 0.102. The highest BCUT2D eigenvalue weighted by molar-refractivity contribution is 14.1. The summed E-state index contributed by atoms with van der Waals surface area (Å²) in [7, 11) is 0. The van der Waals surface area contributed by atoms with E-state index in [-0.39, 0.29) is 5.91 Å². The lowest BCUT2D eigenvalue weighted by Crippen LogP contribution is -2.12. The van der Waals surface area contributed by atoms with Gasteiger partial charge in [0.15, 0.2) is 0 Å². The summed E-state index contributed by atoms with van der Waals surface area (Å²) in [6.07, 6.45) is 0. The van der Waals surface area contributed by atoms with Gasteiger partial charge in [0.1, 0.15) is 5.75 Å². The number of hydrogen-bond acceptors (Lipinski definition) is 2. The van der Waals surface area contributed by atoms with Gasteiger partial charge in [-0.1, -0.05) is 26.0 Å². The van der Waals surface area contributed by atoms with E-state index in [2.05, 4.69) is 41.8 Å². The van der Waals surface area contributed by atoms with Crippen molar-refractivity contribution in [2.24, 2.45) is 5.92 Å². The number of carbonyl (C=O) groups excluding carboxylic acids is 1. The van der Waals surface area contributed by atoms with Gasteiger partial charge in [0, 0.05) is 20.9 Å². The lowest BCUT2D eigenvalue weighted by atomic mass is 10.1. The third-order valence-electron chi connectivity index (χ3n) is 3.11. The van der Waals surface area contributed by atoms with Crippen molar-refractivity contribution in [3.05, 3.63) is 57.2 Å². The zero-order valence-electron chi connectivity index (χ0n) is 13.0. The van der Waals surface area contributed by atoms with Crippen molar-refractivity contribution in [3.8, 4) is 5.75 Å². The van der Waals surface area contributed by atoms with Crippen LogP contribution in [0.4, 0.5) is 5.69 Å². The molecule has 4 heteroatoms. The summed E-state index contributed by atoms with van der Waals surface area (Å²) in [6.45, 7) is 6.89. The number of carbonyl (C=O) groups is 1. The topological polar surface area (TPSA) is 38.3 Å². The molecular formula is C18H20INO2. The maximum atomic E-state index is 12.3. The molecule has 0 saturated carbocycles. The number of halogens is 1. The van der Waals surface area contributed by atoms with Crippen molar-refractivity contribution in [2.75, 3.05) is 11.9 Å². The zero-order chi connectivity index (χ0) is 16.1. The third kappa shape index (κ3) is 4.73. The van der Waals surface area contributed by atoms with Gasteiger partial charge in [0.2, 0.25) is 0 Å². The molecule has 0 aliphatic rings. The molecule has 0 bridgehead atoms. The van der Waals surface area contributed by atoms with Gasteiger partial charge in [-0.3, -0.25) is 4.79 Å². The highest BCUT2D eigenvalue weighted by atomic mass is 127. The predicted molar refractivity (Wildman–Crippen MR) is 98.6 cm³/mol. The number of hydrogen-bond donors (Lipinski definition) is 1. The first-order chi connectivity index (χ1) is 10.5. The number of amides is 1. The minimum Gasteiger partial charge on any atom is -0.493 e. The number of benzene rings is 2. The maximum absolute atomic E-state index is 12.3. The first kappa shape index (κ1) is 16.8. The quantitative estimate of drug-likeness (QED) is 0.715. The lowest BCUT2D eigenvalue weighted by Gasteiger charge is -2.11. The molecule has 0 aromatic heterocycles. The average molecular weight is 409 g/mol. The molecule has 116 valence electrons. The van der Waals surface area contributed by atoms with Crippen LogP contribution in [-0.4, -0.2) is 12.5 Å². The number of anilines is 1. The van der Waals surface area contributed by atoms with E-state index in [4.69, 9.17) is 4.74 Å².